The van der Waals surface area contributed by atoms with Gasteiger partial charge in [0.05, 0.1) is 23.3 Å². The monoisotopic (exact) mass is 509 g/mol. The average Bonchev–Trinajstić information content (AvgIpc) is 3.23. The summed E-state index contributed by atoms with van der Waals surface area (Å²) in [7, 11) is 0. The second kappa shape index (κ2) is 8.31. The van der Waals surface area contributed by atoms with Gasteiger partial charge in [0, 0.05) is 11.1 Å². The van der Waals surface area contributed by atoms with Crippen molar-refractivity contribution in [3.8, 4) is 17.2 Å². The molecule has 1 aliphatic heterocycles. The summed E-state index contributed by atoms with van der Waals surface area (Å²) in [5, 5.41) is 1.06. The van der Waals surface area contributed by atoms with Gasteiger partial charge in [-0.1, -0.05) is 35.9 Å². The van der Waals surface area contributed by atoms with Crippen molar-refractivity contribution in [1.82, 2.24) is 24.1 Å². The van der Waals surface area contributed by atoms with Crippen LogP contribution in [-0.4, -0.2) is 37.3 Å². The highest BCUT2D eigenvalue weighted by molar-refractivity contribution is 6.30. The molecule has 0 unspecified atom stereocenters. The van der Waals surface area contributed by atoms with Crippen LogP contribution in [0.4, 0.5) is 0 Å². The van der Waals surface area contributed by atoms with Crippen LogP contribution in [0.3, 0.4) is 0 Å². The van der Waals surface area contributed by atoms with Crippen molar-refractivity contribution in [2.24, 2.45) is 0 Å². The van der Waals surface area contributed by atoms with Gasteiger partial charge in [-0.3, -0.25) is 13.9 Å². The first-order chi connectivity index (χ1) is 18.1. The van der Waals surface area contributed by atoms with Crippen LogP contribution in [0.25, 0.3) is 38.9 Å². The fourth-order valence-electron chi connectivity index (χ4n) is 4.81. The van der Waals surface area contributed by atoms with Crippen LogP contribution in [-0.2, 0) is 6.54 Å². The van der Waals surface area contributed by atoms with Gasteiger partial charge in [0.2, 0.25) is 0 Å². The lowest BCUT2D eigenvalue weighted by atomic mass is 10.2. The number of aryl methyl sites for hydroxylation is 1. The van der Waals surface area contributed by atoms with Gasteiger partial charge in [0.25, 0.3) is 5.56 Å². The number of aromatic nitrogens is 5. The summed E-state index contributed by atoms with van der Waals surface area (Å²) in [6.07, 6.45) is 0. The molecule has 0 N–H and O–H groups in total. The third kappa shape index (κ3) is 3.52. The van der Waals surface area contributed by atoms with Gasteiger partial charge in [-0.2, -0.15) is 0 Å². The van der Waals surface area contributed by atoms with Crippen LogP contribution in [0.1, 0.15) is 11.4 Å². The Morgan fingerprint density at radius 3 is 2.38 bits per heavy atom. The highest BCUT2D eigenvalue weighted by Crippen LogP contribution is 2.35. The van der Waals surface area contributed by atoms with Crippen molar-refractivity contribution in [3.63, 3.8) is 0 Å². The number of hydrogen-bond acceptors (Lipinski definition) is 6. The van der Waals surface area contributed by atoms with E-state index in [9.17, 15) is 4.79 Å². The number of ether oxygens (including phenoxy) is 2. The molecule has 7 rings (SSSR count). The summed E-state index contributed by atoms with van der Waals surface area (Å²) >= 11 is 6.06. The van der Waals surface area contributed by atoms with E-state index in [1.807, 2.05) is 78.2 Å². The van der Waals surface area contributed by atoms with E-state index >= 15 is 0 Å². The Labute approximate surface area is 215 Å². The maximum atomic E-state index is 14.0. The van der Waals surface area contributed by atoms with Crippen molar-refractivity contribution < 1.29 is 9.47 Å². The van der Waals surface area contributed by atoms with Gasteiger partial charge in [-0.25, -0.2) is 15.0 Å². The molecule has 0 radical (unpaired) electrons. The third-order valence-corrected chi connectivity index (χ3v) is 6.84. The Balaban J connectivity index is 1.54. The minimum absolute atomic E-state index is 0.177. The molecule has 0 amide bonds. The molecule has 0 aliphatic carbocycles. The zero-order chi connectivity index (χ0) is 25.1. The second-order valence-electron chi connectivity index (χ2n) is 8.92. The summed E-state index contributed by atoms with van der Waals surface area (Å²) in [6.45, 7) is 3.18. The molecule has 0 saturated carbocycles. The lowest BCUT2D eigenvalue weighted by Crippen LogP contribution is -2.24. The summed E-state index contributed by atoms with van der Waals surface area (Å²) in [6, 6.07) is 20.7. The molecule has 4 heterocycles. The lowest BCUT2D eigenvalue weighted by molar-refractivity contribution is 0.171. The zero-order valence-electron chi connectivity index (χ0n) is 19.8. The van der Waals surface area contributed by atoms with E-state index in [2.05, 4.69) is 0 Å². The van der Waals surface area contributed by atoms with Crippen molar-refractivity contribution in [2.75, 3.05) is 13.2 Å². The molecule has 9 heteroatoms. The first-order valence-electron chi connectivity index (χ1n) is 11.9. The first kappa shape index (κ1) is 21.8. The smallest absolute Gasteiger partial charge is 0.265 e. The summed E-state index contributed by atoms with van der Waals surface area (Å²) in [4.78, 5) is 28.7. The first-order valence-corrected chi connectivity index (χ1v) is 12.3. The van der Waals surface area contributed by atoms with E-state index in [0.717, 1.165) is 16.8 Å². The Morgan fingerprint density at radius 2 is 1.59 bits per heavy atom. The average molecular weight is 510 g/mol. The highest BCUT2D eigenvalue weighted by Gasteiger charge is 2.23. The van der Waals surface area contributed by atoms with Crippen molar-refractivity contribution in [1.29, 1.82) is 0 Å². The van der Waals surface area contributed by atoms with Gasteiger partial charge in [0.1, 0.15) is 29.9 Å². The maximum Gasteiger partial charge on any atom is 0.265 e. The van der Waals surface area contributed by atoms with Crippen molar-refractivity contribution in [2.45, 2.75) is 13.5 Å². The lowest BCUT2D eigenvalue weighted by Gasteiger charge is -2.19. The summed E-state index contributed by atoms with van der Waals surface area (Å²) in [5.41, 5.74) is 4.53. The van der Waals surface area contributed by atoms with E-state index in [1.165, 1.54) is 0 Å². The SMILES string of the molecule is Cc1nc2c(c(=O)n1Cc1ccc(Cl)cc1)c1nc3ccccc3nc1n2-c1ccc2c(c1)OCCO2. The second-order valence-corrected chi connectivity index (χ2v) is 9.36. The fraction of sp³-hybridized carbons (Fsp3) is 0.143. The Hall–Kier alpha value is -4.43. The molecule has 0 spiro atoms. The number of hydrogen-bond donors (Lipinski definition) is 0. The Kier molecular flexibility index (Phi) is 4.90. The fourth-order valence-corrected chi connectivity index (χ4v) is 4.93. The number of halogens is 1. The van der Waals surface area contributed by atoms with E-state index in [0.29, 0.717) is 69.8 Å². The molecule has 6 aromatic rings. The Morgan fingerprint density at radius 1 is 0.865 bits per heavy atom. The molecule has 0 atom stereocenters. The number of rotatable bonds is 3. The van der Waals surface area contributed by atoms with Gasteiger partial charge in [0.15, 0.2) is 22.8 Å². The predicted molar refractivity (Wildman–Crippen MR) is 142 cm³/mol. The van der Waals surface area contributed by atoms with Crippen molar-refractivity contribution >= 4 is 44.8 Å². The largest absolute Gasteiger partial charge is 0.486 e. The molecular formula is C28H20ClN5O3. The molecule has 182 valence electrons. The van der Waals surface area contributed by atoms with Crippen LogP contribution < -0.4 is 15.0 Å². The summed E-state index contributed by atoms with van der Waals surface area (Å²) in [5.74, 6) is 1.90. The Bertz CT molecular complexity index is 1910. The third-order valence-electron chi connectivity index (χ3n) is 6.59. The molecule has 0 bridgehead atoms. The van der Waals surface area contributed by atoms with Gasteiger partial charge < -0.3 is 9.47 Å². The highest BCUT2D eigenvalue weighted by atomic mass is 35.5. The molecule has 37 heavy (non-hydrogen) atoms. The zero-order valence-corrected chi connectivity index (χ0v) is 20.6. The van der Waals surface area contributed by atoms with E-state index in [-0.39, 0.29) is 5.56 Å². The van der Waals surface area contributed by atoms with E-state index < -0.39 is 0 Å². The van der Waals surface area contributed by atoms with Crippen LogP contribution in [0.2, 0.25) is 5.02 Å². The topological polar surface area (TPSA) is 84.1 Å². The molecule has 1 aliphatic rings. The normalized spacial score (nSPS) is 13.0. The van der Waals surface area contributed by atoms with Crippen LogP contribution in [0, 0.1) is 6.92 Å². The molecule has 3 aromatic carbocycles. The number of benzene rings is 3. The maximum absolute atomic E-state index is 14.0. The van der Waals surface area contributed by atoms with E-state index in [4.69, 9.17) is 36.0 Å². The number of nitrogens with zero attached hydrogens (tertiary/aromatic N) is 5. The number of fused-ring (bicyclic) bond motifs is 5. The molecule has 0 saturated heterocycles. The van der Waals surface area contributed by atoms with Gasteiger partial charge in [-0.05, 0) is 48.9 Å². The van der Waals surface area contributed by atoms with Crippen LogP contribution in [0.15, 0.2) is 71.5 Å². The number of para-hydroxylation sites is 2. The minimum atomic E-state index is -0.177. The van der Waals surface area contributed by atoms with Crippen LogP contribution in [0.5, 0.6) is 11.5 Å². The molecule has 0 fully saturated rings. The van der Waals surface area contributed by atoms with Crippen molar-refractivity contribution in [3.05, 3.63) is 93.5 Å². The quantitative estimate of drug-likeness (QED) is 0.331. The molecule has 8 nitrogen and oxygen atoms in total. The van der Waals surface area contributed by atoms with Gasteiger partial charge >= 0.3 is 0 Å². The van der Waals surface area contributed by atoms with Crippen LogP contribution >= 0.6 is 11.6 Å². The molecule has 3 aromatic heterocycles. The van der Waals surface area contributed by atoms with Gasteiger partial charge in [-0.15, -0.1) is 0 Å². The predicted octanol–water partition coefficient (Wildman–Crippen LogP) is 5.06. The minimum Gasteiger partial charge on any atom is -0.486 e. The molecular weight excluding hydrogens is 490 g/mol. The summed E-state index contributed by atoms with van der Waals surface area (Å²) < 4.78 is 15.1. The standard InChI is InChI=1S/C28H20ClN5O3/c1-16-30-26-24(28(35)33(16)15-17-6-8-18(29)9-7-17)25-27(32-21-5-3-2-4-20(21)31-25)34(26)19-10-11-22-23(14-19)37-13-12-36-22/h2-11,14H,12-13,15H2,1H3. The van der Waals surface area contributed by atoms with E-state index in [1.54, 1.807) is 4.57 Å².